The van der Waals surface area contributed by atoms with Crippen molar-refractivity contribution >= 4 is 16.7 Å². The quantitative estimate of drug-likeness (QED) is 0.474. The topological polar surface area (TPSA) is 114 Å². The van der Waals surface area contributed by atoms with Crippen LogP contribution in [0.5, 0.6) is 0 Å². The van der Waals surface area contributed by atoms with Crippen LogP contribution in [-0.2, 0) is 12.0 Å². The first-order valence-electron chi connectivity index (χ1n) is 9.95. The average molecular weight is 416 g/mol. The Balaban J connectivity index is 1.88. The largest absolute Gasteiger partial charge is 0.392 e. The summed E-state index contributed by atoms with van der Waals surface area (Å²) in [6.45, 7) is 6.04. The zero-order valence-corrected chi connectivity index (χ0v) is 17.6. The average Bonchev–Trinajstić information content (AvgIpc) is 3.23. The minimum Gasteiger partial charge on any atom is -0.392 e. The van der Waals surface area contributed by atoms with Gasteiger partial charge in [-0.25, -0.2) is 0 Å². The Morgan fingerprint density at radius 2 is 1.97 bits per heavy atom. The third-order valence-corrected chi connectivity index (χ3v) is 5.45. The lowest BCUT2D eigenvalue weighted by molar-refractivity contribution is 0.0996. The molecule has 0 radical (unpaired) electrons. The second-order valence-corrected chi connectivity index (χ2v) is 8.54. The van der Waals surface area contributed by atoms with Gasteiger partial charge in [-0.2, -0.15) is 9.78 Å². The van der Waals surface area contributed by atoms with Gasteiger partial charge in [0.1, 0.15) is 5.69 Å². The Hall–Kier alpha value is -3.71. The highest BCUT2D eigenvalue weighted by molar-refractivity contribution is 5.92. The molecule has 7 heteroatoms. The molecule has 1 amide bonds. The van der Waals surface area contributed by atoms with Gasteiger partial charge in [-0.05, 0) is 40.8 Å². The molecule has 0 aliphatic carbocycles. The lowest BCUT2D eigenvalue weighted by Crippen LogP contribution is -2.23. The van der Waals surface area contributed by atoms with E-state index in [0.29, 0.717) is 27.8 Å². The summed E-state index contributed by atoms with van der Waals surface area (Å²) in [6.07, 6.45) is 3.31. The molecule has 0 unspecified atom stereocenters. The smallest absolute Gasteiger partial charge is 0.279 e. The number of primary amides is 1. The maximum absolute atomic E-state index is 13.3. The predicted octanol–water partition coefficient (Wildman–Crippen LogP) is 3.27. The maximum atomic E-state index is 13.3. The number of nitrogens with two attached hydrogens (primary N) is 1. The fourth-order valence-corrected chi connectivity index (χ4v) is 3.69. The molecule has 0 bridgehead atoms. The Morgan fingerprint density at radius 1 is 1.19 bits per heavy atom. The van der Waals surface area contributed by atoms with Crippen LogP contribution >= 0.6 is 0 Å². The van der Waals surface area contributed by atoms with Crippen molar-refractivity contribution in [2.45, 2.75) is 32.8 Å². The molecule has 2 aromatic heterocycles. The molecular weight excluding hydrogens is 392 g/mol. The van der Waals surface area contributed by atoms with Crippen molar-refractivity contribution in [2.75, 3.05) is 0 Å². The van der Waals surface area contributed by atoms with E-state index >= 15 is 0 Å². The molecule has 0 spiro atoms. The summed E-state index contributed by atoms with van der Waals surface area (Å²) in [5.74, 6) is -0.574. The van der Waals surface area contributed by atoms with Crippen LogP contribution in [0.25, 0.3) is 27.6 Å². The van der Waals surface area contributed by atoms with Crippen LogP contribution in [0.3, 0.4) is 0 Å². The lowest BCUT2D eigenvalue weighted by Gasteiger charge is -2.19. The highest BCUT2D eigenvalue weighted by atomic mass is 16.3. The van der Waals surface area contributed by atoms with Crippen LogP contribution in [0.2, 0.25) is 0 Å². The van der Waals surface area contributed by atoms with E-state index in [0.717, 1.165) is 10.9 Å². The van der Waals surface area contributed by atoms with Gasteiger partial charge in [0, 0.05) is 22.7 Å². The monoisotopic (exact) mass is 416 g/mol. The number of nitrogens with one attached hydrogen (secondary N) is 1. The minimum absolute atomic E-state index is 0.0399. The molecule has 2 aromatic carbocycles. The molecular formula is C24H24N4O3. The number of nitrogens with zero attached hydrogens (tertiary/aromatic N) is 2. The van der Waals surface area contributed by atoms with Crippen molar-refractivity contribution in [3.8, 4) is 16.8 Å². The number of aliphatic hydroxyl groups is 1. The zero-order valence-electron chi connectivity index (χ0n) is 17.6. The van der Waals surface area contributed by atoms with Crippen molar-refractivity contribution in [3.63, 3.8) is 0 Å². The number of hydrogen-bond donors (Lipinski definition) is 3. The molecule has 0 saturated heterocycles. The van der Waals surface area contributed by atoms with Crippen molar-refractivity contribution in [2.24, 2.45) is 5.73 Å². The highest BCUT2D eigenvalue weighted by Gasteiger charge is 2.18. The Labute approximate surface area is 179 Å². The van der Waals surface area contributed by atoms with Crippen molar-refractivity contribution < 1.29 is 9.90 Å². The maximum Gasteiger partial charge on any atom is 0.279 e. The normalized spacial score (nSPS) is 11.7. The van der Waals surface area contributed by atoms with Gasteiger partial charge >= 0.3 is 0 Å². The summed E-state index contributed by atoms with van der Waals surface area (Å²) in [5, 5.41) is 15.8. The molecule has 0 aliphatic heterocycles. The number of aromatic amines is 1. The molecule has 4 N–H and O–H groups in total. The fraction of sp³-hybridized carbons (Fsp3) is 0.208. The van der Waals surface area contributed by atoms with E-state index < -0.39 is 5.91 Å². The van der Waals surface area contributed by atoms with Gasteiger partial charge in [0.15, 0.2) is 0 Å². The number of benzene rings is 2. The van der Waals surface area contributed by atoms with E-state index in [2.05, 4.69) is 30.9 Å². The van der Waals surface area contributed by atoms with Crippen LogP contribution in [0.1, 0.15) is 42.4 Å². The van der Waals surface area contributed by atoms with Crippen molar-refractivity contribution in [1.29, 1.82) is 0 Å². The van der Waals surface area contributed by atoms with Crippen molar-refractivity contribution in [3.05, 3.63) is 82.0 Å². The molecule has 31 heavy (non-hydrogen) atoms. The molecule has 0 saturated carbocycles. The standard InChI is InChI=1S/C24H24N4O3/c1-24(2,3)16-7-8-18-14(9-16)12-27-28(23(18)31)21-6-4-5-17(19(21)13-29)15-10-20(22(25)30)26-11-15/h4-12,26,29H,13H2,1-3H3,(H2,25,30). The van der Waals surface area contributed by atoms with E-state index in [1.165, 1.54) is 4.68 Å². The SMILES string of the molecule is CC(C)(C)c1ccc2c(=O)n(-c3cccc(-c4c[nH]c(C(N)=O)c4)c3CO)ncc2c1. The number of carbonyl (C=O) groups excluding carboxylic acids is 1. The molecule has 2 heterocycles. The molecule has 7 nitrogen and oxygen atoms in total. The van der Waals surface area contributed by atoms with Gasteiger partial charge < -0.3 is 15.8 Å². The van der Waals surface area contributed by atoms with Gasteiger partial charge in [-0.15, -0.1) is 0 Å². The summed E-state index contributed by atoms with van der Waals surface area (Å²) in [7, 11) is 0. The number of aliphatic hydroxyl groups excluding tert-OH is 1. The lowest BCUT2D eigenvalue weighted by atomic mass is 9.86. The summed E-state index contributed by atoms with van der Waals surface area (Å²) in [5.41, 5.74) is 8.78. The second-order valence-electron chi connectivity index (χ2n) is 8.54. The number of H-pyrrole nitrogens is 1. The predicted molar refractivity (Wildman–Crippen MR) is 120 cm³/mol. The molecule has 4 aromatic rings. The second kappa shape index (κ2) is 7.52. The number of rotatable bonds is 4. The van der Waals surface area contributed by atoms with Crippen LogP contribution < -0.4 is 11.3 Å². The molecule has 0 aliphatic rings. The Kier molecular flexibility index (Phi) is 4.99. The Bertz CT molecular complexity index is 1360. The summed E-state index contributed by atoms with van der Waals surface area (Å²) >= 11 is 0. The third kappa shape index (κ3) is 3.64. The van der Waals surface area contributed by atoms with Gasteiger partial charge in [-0.3, -0.25) is 9.59 Å². The summed E-state index contributed by atoms with van der Waals surface area (Å²) in [4.78, 5) is 27.5. The first kappa shape index (κ1) is 20.6. The van der Waals surface area contributed by atoms with Crippen molar-refractivity contribution in [1.82, 2.24) is 14.8 Å². The zero-order chi connectivity index (χ0) is 22.3. The molecule has 4 rings (SSSR count). The van der Waals surface area contributed by atoms with Gasteiger partial charge in [-0.1, -0.05) is 39.0 Å². The number of fused-ring (bicyclic) bond motifs is 1. The van der Waals surface area contributed by atoms with Gasteiger partial charge in [0.25, 0.3) is 11.5 Å². The van der Waals surface area contributed by atoms with Crippen LogP contribution in [-0.4, -0.2) is 25.8 Å². The van der Waals surface area contributed by atoms with E-state index in [1.54, 1.807) is 30.6 Å². The fourth-order valence-electron chi connectivity index (χ4n) is 3.69. The number of hydrogen-bond acceptors (Lipinski definition) is 4. The van der Waals surface area contributed by atoms with E-state index in [4.69, 9.17) is 5.73 Å². The minimum atomic E-state index is -0.574. The number of carbonyl (C=O) groups is 1. The van der Waals surface area contributed by atoms with Crippen LogP contribution in [0.4, 0.5) is 0 Å². The summed E-state index contributed by atoms with van der Waals surface area (Å²) in [6, 6.07) is 12.7. The molecule has 0 fully saturated rings. The van der Waals surface area contributed by atoms with E-state index in [9.17, 15) is 14.7 Å². The highest BCUT2D eigenvalue weighted by Crippen LogP contribution is 2.29. The van der Waals surface area contributed by atoms with Gasteiger partial charge in [0.05, 0.1) is 23.9 Å². The van der Waals surface area contributed by atoms with Crippen LogP contribution in [0, 0.1) is 0 Å². The van der Waals surface area contributed by atoms with E-state index in [1.807, 2.05) is 24.3 Å². The van der Waals surface area contributed by atoms with Crippen LogP contribution in [0.15, 0.2) is 59.7 Å². The Morgan fingerprint density at radius 3 is 2.61 bits per heavy atom. The molecule has 158 valence electrons. The number of amides is 1. The third-order valence-electron chi connectivity index (χ3n) is 5.45. The summed E-state index contributed by atoms with van der Waals surface area (Å²) < 4.78 is 1.30. The molecule has 0 atom stereocenters. The first-order valence-corrected chi connectivity index (χ1v) is 9.95. The number of aromatic nitrogens is 3. The van der Waals surface area contributed by atoms with Gasteiger partial charge in [0.2, 0.25) is 0 Å². The first-order chi connectivity index (χ1) is 14.7. The van der Waals surface area contributed by atoms with E-state index in [-0.39, 0.29) is 23.3 Å².